The molecule has 0 saturated heterocycles. The summed E-state index contributed by atoms with van der Waals surface area (Å²) >= 11 is 0. The molecule has 0 amide bonds. The van der Waals surface area contributed by atoms with Gasteiger partial charge in [0.1, 0.15) is 0 Å². The normalized spacial score (nSPS) is 15.1. The molecule has 0 saturated carbocycles. The molecule has 3 rings (SSSR count). The lowest BCUT2D eigenvalue weighted by atomic mass is 10.1. The van der Waals surface area contributed by atoms with E-state index in [-0.39, 0.29) is 5.56 Å². The van der Waals surface area contributed by atoms with Crippen LogP contribution >= 0.6 is 0 Å². The lowest BCUT2D eigenvalue weighted by Crippen LogP contribution is -2.03. The molecular weight excluding hydrogens is 240 g/mol. The molecule has 0 fully saturated rings. The van der Waals surface area contributed by atoms with Crippen molar-refractivity contribution in [2.75, 3.05) is 0 Å². The number of allylic oxidation sites excluding steroid dienone is 1. The molecule has 0 bridgehead atoms. The molecule has 2 N–H and O–H groups in total. The van der Waals surface area contributed by atoms with Gasteiger partial charge in [0, 0.05) is 29.2 Å². The van der Waals surface area contributed by atoms with Gasteiger partial charge in [-0.1, -0.05) is 13.3 Å². The minimum Gasteiger partial charge on any atom is -0.302 e. The quantitative estimate of drug-likeness (QED) is 0.882. The number of hydrogen-bond donors (Lipinski definition) is 2. The zero-order valence-corrected chi connectivity index (χ0v) is 10.6. The molecule has 3 heterocycles. The Morgan fingerprint density at radius 2 is 2.26 bits per heavy atom. The van der Waals surface area contributed by atoms with Crippen LogP contribution < -0.4 is 5.56 Å². The van der Waals surface area contributed by atoms with Gasteiger partial charge in [0.25, 0.3) is 5.56 Å². The van der Waals surface area contributed by atoms with Crippen LogP contribution in [-0.2, 0) is 6.42 Å². The highest BCUT2D eigenvalue weighted by atomic mass is 16.1. The molecule has 0 spiro atoms. The Balaban J connectivity index is 2.07. The number of aryl methyl sites for hydroxylation is 1. The van der Waals surface area contributed by atoms with E-state index in [1.165, 1.54) is 0 Å². The van der Waals surface area contributed by atoms with E-state index in [0.717, 1.165) is 29.7 Å². The first-order valence-electron chi connectivity index (χ1n) is 6.30. The number of pyridine rings is 1. The van der Waals surface area contributed by atoms with E-state index in [9.17, 15) is 4.79 Å². The van der Waals surface area contributed by atoms with Gasteiger partial charge in [-0.3, -0.25) is 9.89 Å². The predicted octanol–water partition coefficient (Wildman–Crippen LogP) is 2.31. The Bertz CT molecular complexity index is 721. The smallest absolute Gasteiger partial charge is 0.271 e. The van der Waals surface area contributed by atoms with Gasteiger partial charge in [-0.15, -0.1) is 0 Å². The Morgan fingerprint density at radius 1 is 1.37 bits per heavy atom. The molecule has 1 aliphatic rings. The first kappa shape index (κ1) is 11.6. The second kappa shape index (κ2) is 4.68. The van der Waals surface area contributed by atoms with Gasteiger partial charge in [-0.2, -0.15) is 0 Å². The fraction of sp³-hybridized carbons (Fsp3) is 0.214. The maximum atomic E-state index is 11.8. The van der Waals surface area contributed by atoms with Crippen LogP contribution in [0.25, 0.3) is 11.6 Å². The zero-order chi connectivity index (χ0) is 13.2. The average Bonchev–Trinajstić information content (AvgIpc) is 2.98. The average molecular weight is 254 g/mol. The van der Waals surface area contributed by atoms with Gasteiger partial charge in [0.15, 0.2) is 5.82 Å². The Kier molecular flexibility index (Phi) is 2.87. The Labute approximate surface area is 110 Å². The van der Waals surface area contributed by atoms with Gasteiger partial charge in [-0.05, 0) is 24.6 Å². The Morgan fingerprint density at radius 3 is 3.11 bits per heavy atom. The van der Waals surface area contributed by atoms with Gasteiger partial charge in [0.2, 0.25) is 0 Å². The molecule has 5 heteroatoms. The minimum absolute atomic E-state index is 0.0957. The number of nitrogens with one attached hydrogen (secondary N) is 2. The molecule has 96 valence electrons. The van der Waals surface area contributed by atoms with Crippen LogP contribution in [-0.4, -0.2) is 21.4 Å². The highest BCUT2D eigenvalue weighted by Gasteiger charge is 2.14. The van der Waals surface area contributed by atoms with Crippen molar-refractivity contribution in [2.45, 2.75) is 19.8 Å². The summed E-state index contributed by atoms with van der Waals surface area (Å²) in [6.07, 6.45) is 7.16. The van der Waals surface area contributed by atoms with Gasteiger partial charge >= 0.3 is 0 Å². The monoisotopic (exact) mass is 254 g/mol. The molecule has 5 nitrogen and oxygen atoms in total. The van der Waals surface area contributed by atoms with Crippen LogP contribution in [0.4, 0.5) is 5.82 Å². The lowest BCUT2D eigenvalue weighted by molar-refractivity contribution is 0.864. The molecule has 2 aromatic heterocycles. The molecule has 19 heavy (non-hydrogen) atoms. The first-order valence-corrected chi connectivity index (χ1v) is 6.30. The molecule has 2 aromatic rings. The highest BCUT2D eigenvalue weighted by Crippen LogP contribution is 2.29. The number of H-pyrrole nitrogens is 2. The van der Waals surface area contributed by atoms with Crippen molar-refractivity contribution in [2.24, 2.45) is 4.99 Å². The zero-order valence-electron chi connectivity index (χ0n) is 10.6. The summed E-state index contributed by atoms with van der Waals surface area (Å²) in [7, 11) is 0. The fourth-order valence-corrected chi connectivity index (χ4v) is 2.20. The van der Waals surface area contributed by atoms with E-state index in [4.69, 9.17) is 0 Å². The summed E-state index contributed by atoms with van der Waals surface area (Å²) in [6.45, 7) is 2.08. The highest BCUT2D eigenvalue weighted by molar-refractivity contribution is 6.20. The number of hydrogen-bond acceptors (Lipinski definition) is 3. The van der Waals surface area contributed by atoms with Crippen molar-refractivity contribution in [3.05, 3.63) is 45.5 Å². The molecule has 0 radical (unpaired) electrons. The number of fused-ring (bicyclic) bond motifs is 1. The minimum atomic E-state index is -0.0957. The summed E-state index contributed by atoms with van der Waals surface area (Å²) < 4.78 is 0. The van der Waals surface area contributed by atoms with Crippen LogP contribution in [0.5, 0.6) is 0 Å². The van der Waals surface area contributed by atoms with E-state index in [1.54, 1.807) is 12.4 Å². The van der Waals surface area contributed by atoms with E-state index < -0.39 is 0 Å². The third kappa shape index (κ3) is 2.03. The van der Waals surface area contributed by atoms with Crippen molar-refractivity contribution >= 4 is 23.7 Å². The van der Waals surface area contributed by atoms with Crippen LogP contribution in [0.1, 0.15) is 30.2 Å². The standard InChI is InChI=1S/C14H14N4O/c1-2-4-12-11(14(19)18-17-12)7-9-8-16-13-10(9)5-3-6-15-13/h3,5-8H,2,4H2,1H3,(H2,17,18,19)/b9-7-. The number of nitrogens with zero attached hydrogens (tertiary/aromatic N) is 2. The number of aromatic amines is 2. The summed E-state index contributed by atoms with van der Waals surface area (Å²) in [4.78, 5) is 20.3. The number of rotatable bonds is 3. The summed E-state index contributed by atoms with van der Waals surface area (Å²) in [6, 6.07) is 3.83. The maximum Gasteiger partial charge on any atom is 0.271 e. The maximum absolute atomic E-state index is 11.8. The predicted molar refractivity (Wildman–Crippen MR) is 75.7 cm³/mol. The largest absolute Gasteiger partial charge is 0.302 e. The van der Waals surface area contributed by atoms with Crippen molar-refractivity contribution in [3.8, 4) is 0 Å². The third-order valence-electron chi connectivity index (χ3n) is 3.12. The van der Waals surface area contributed by atoms with Gasteiger partial charge in [0.05, 0.1) is 5.56 Å². The van der Waals surface area contributed by atoms with Crippen LogP contribution in [0.2, 0.25) is 0 Å². The second-order valence-corrected chi connectivity index (χ2v) is 4.45. The first-order chi connectivity index (χ1) is 9.29. The van der Waals surface area contributed by atoms with Crippen LogP contribution in [0.3, 0.4) is 0 Å². The topological polar surface area (TPSA) is 73.9 Å². The molecule has 1 aliphatic heterocycles. The third-order valence-corrected chi connectivity index (χ3v) is 3.12. The van der Waals surface area contributed by atoms with Crippen molar-refractivity contribution in [1.82, 2.24) is 15.2 Å². The fourth-order valence-electron chi connectivity index (χ4n) is 2.20. The number of aromatic nitrogens is 3. The summed E-state index contributed by atoms with van der Waals surface area (Å²) in [5.41, 5.74) is 3.41. The van der Waals surface area contributed by atoms with Gasteiger partial charge < -0.3 is 5.10 Å². The van der Waals surface area contributed by atoms with Crippen molar-refractivity contribution in [1.29, 1.82) is 0 Å². The lowest BCUT2D eigenvalue weighted by Gasteiger charge is -1.99. The molecule has 0 aromatic carbocycles. The van der Waals surface area contributed by atoms with E-state index in [0.29, 0.717) is 11.4 Å². The Hall–Kier alpha value is -2.43. The molecule has 0 atom stereocenters. The second-order valence-electron chi connectivity index (χ2n) is 4.45. The van der Waals surface area contributed by atoms with E-state index in [1.807, 2.05) is 18.2 Å². The van der Waals surface area contributed by atoms with Crippen LogP contribution in [0.15, 0.2) is 28.1 Å². The van der Waals surface area contributed by atoms with Gasteiger partial charge in [-0.25, -0.2) is 9.98 Å². The summed E-state index contributed by atoms with van der Waals surface area (Å²) in [5.74, 6) is 0.706. The van der Waals surface area contributed by atoms with Crippen LogP contribution in [0, 0.1) is 0 Å². The van der Waals surface area contributed by atoms with Crippen molar-refractivity contribution < 1.29 is 0 Å². The SMILES string of the molecule is CCCc1[nH][nH]c(=O)c1/C=C1/C=Nc2ncccc21. The number of aliphatic imine (C=N–C) groups is 1. The van der Waals surface area contributed by atoms with E-state index in [2.05, 4.69) is 27.1 Å². The van der Waals surface area contributed by atoms with E-state index >= 15 is 0 Å². The molecular formula is C14H14N4O. The molecule has 0 unspecified atom stereocenters. The molecule has 0 aliphatic carbocycles. The summed E-state index contributed by atoms with van der Waals surface area (Å²) in [5, 5.41) is 5.57. The van der Waals surface area contributed by atoms with Crippen molar-refractivity contribution in [3.63, 3.8) is 0 Å².